The lowest BCUT2D eigenvalue weighted by molar-refractivity contribution is 0.185. The third-order valence-electron chi connectivity index (χ3n) is 4.44. The molecule has 2 aliphatic rings. The van der Waals surface area contributed by atoms with Crippen molar-refractivity contribution in [3.05, 3.63) is 48.9 Å². The Morgan fingerprint density at radius 2 is 1.32 bits per heavy atom. The lowest BCUT2D eigenvalue weighted by atomic mass is 10.2. The fraction of sp³-hybridized carbons (Fsp3) is 0.300. The number of benzene rings is 1. The van der Waals surface area contributed by atoms with Crippen LogP contribution in [0.5, 0.6) is 0 Å². The molecule has 0 bridgehead atoms. The summed E-state index contributed by atoms with van der Waals surface area (Å²) in [6.45, 7) is 0. The Morgan fingerprint density at radius 3 is 1.75 bits per heavy atom. The number of hydrazone groups is 2. The maximum atomic E-state index is 5.47. The van der Waals surface area contributed by atoms with Gasteiger partial charge in [-0.25, -0.2) is 0 Å². The number of allylic oxidation sites excluding steroid dienone is 2. The molecule has 1 aromatic carbocycles. The highest BCUT2D eigenvalue weighted by Gasteiger charge is 2.11. The first kappa shape index (κ1) is 18.0. The summed E-state index contributed by atoms with van der Waals surface area (Å²) in [5, 5.41) is 18.8. The van der Waals surface area contributed by atoms with Gasteiger partial charge < -0.3 is 9.47 Å². The van der Waals surface area contributed by atoms with Crippen LogP contribution in [0.4, 0.5) is 11.6 Å². The first-order valence-corrected chi connectivity index (χ1v) is 9.35. The van der Waals surface area contributed by atoms with Crippen LogP contribution in [0.25, 0.3) is 10.8 Å². The van der Waals surface area contributed by atoms with Gasteiger partial charge in [0.1, 0.15) is 12.2 Å². The minimum atomic E-state index is -0.0242. The van der Waals surface area contributed by atoms with Crippen LogP contribution < -0.4 is 10.9 Å². The third-order valence-corrected chi connectivity index (χ3v) is 4.44. The fourth-order valence-corrected chi connectivity index (χ4v) is 2.96. The zero-order valence-corrected chi connectivity index (χ0v) is 15.4. The molecule has 144 valence electrons. The fourth-order valence-electron chi connectivity index (χ4n) is 2.96. The number of rotatable bonds is 6. The van der Waals surface area contributed by atoms with Crippen LogP contribution in [0.1, 0.15) is 25.7 Å². The second-order valence-corrected chi connectivity index (χ2v) is 6.47. The number of ether oxygens (including phenoxy) is 2. The second-order valence-electron chi connectivity index (χ2n) is 6.47. The normalized spacial score (nSPS) is 21.7. The van der Waals surface area contributed by atoms with E-state index >= 15 is 0 Å². The molecule has 0 saturated heterocycles. The molecule has 0 fully saturated rings. The topological polar surface area (TPSA) is 93.0 Å². The van der Waals surface area contributed by atoms with Crippen LogP contribution in [0.2, 0.25) is 0 Å². The molecule has 2 atom stereocenters. The van der Waals surface area contributed by atoms with Crippen molar-refractivity contribution < 1.29 is 9.47 Å². The van der Waals surface area contributed by atoms with Gasteiger partial charge in [-0.3, -0.25) is 10.9 Å². The van der Waals surface area contributed by atoms with E-state index in [2.05, 4.69) is 31.3 Å². The largest absolute Gasteiger partial charge is 0.493 e. The summed E-state index contributed by atoms with van der Waals surface area (Å²) in [7, 11) is 0. The number of aromatic nitrogens is 2. The minimum absolute atomic E-state index is 0.0242. The molecule has 2 unspecified atom stereocenters. The molecule has 2 aromatic rings. The van der Waals surface area contributed by atoms with Gasteiger partial charge in [-0.05, 0) is 37.8 Å². The first-order chi connectivity index (χ1) is 13.9. The molecule has 0 radical (unpaired) electrons. The SMILES string of the molecule is C1=COC(/C=N/Nc2nnc(N/N=C/C3CCC=CO3)c3ccccc23)CC1. The second kappa shape index (κ2) is 8.98. The lowest BCUT2D eigenvalue weighted by Crippen LogP contribution is -2.15. The Labute approximate surface area is 163 Å². The predicted molar refractivity (Wildman–Crippen MR) is 110 cm³/mol. The van der Waals surface area contributed by atoms with Crippen molar-refractivity contribution in [2.24, 2.45) is 10.2 Å². The van der Waals surface area contributed by atoms with Crippen molar-refractivity contribution in [3.63, 3.8) is 0 Å². The average molecular weight is 378 g/mol. The number of hydrogen-bond donors (Lipinski definition) is 2. The van der Waals surface area contributed by atoms with Crippen molar-refractivity contribution in [1.29, 1.82) is 0 Å². The Morgan fingerprint density at radius 1 is 0.821 bits per heavy atom. The summed E-state index contributed by atoms with van der Waals surface area (Å²) in [4.78, 5) is 0. The molecule has 3 heterocycles. The van der Waals surface area contributed by atoms with Crippen molar-refractivity contribution in [2.45, 2.75) is 37.9 Å². The highest BCUT2D eigenvalue weighted by atomic mass is 16.5. The third kappa shape index (κ3) is 4.46. The van der Waals surface area contributed by atoms with Crippen LogP contribution in [-0.2, 0) is 9.47 Å². The van der Waals surface area contributed by atoms with Crippen molar-refractivity contribution in [3.8, 4) is 0 Å². The highest BCUT2D eigenvalue weighted by molar-refractivity contribution is 5.98. The van der Waals surface area contributed by atoms with Gasteiger partial charge in [0.05, 0.1) is 25.0 Å². The smallest absolute Gasteiger partial charge is 0.176 e. The molecule has 28 heavy (non-hydrogen) atoms. The molecule has 4 rings (SSSR count). The van der Waals surface area contributed by atoms with E-state index < -0.39 is 0 Å². The van der Waals surface area contributed by atoms with Gasteiger partial charge in [-0.2, -0.15) is 10.2 Å². The number of hydrogen-bond acceptors (Lipinski definition) is 8. The van der Waals surface area contributed by atoms with Crippen LogP contribution in [0.15, 0.2) is 59.1 Å². The Balaban J connectivity index is 1.46. The molecular formula is C20H22N6O2. The monoisotopic (exact) mass is 378 g/mol. The molecule has 8 nitrogen and oxygen atoms in total. The van der Waals surface area contributed by atoms with Crippen molar-refractivity contribution in [1.82, 2.24) is 10.2 Å². The lowest BCUT2D eigenvalue weighted by Gasteiger charge is -2.15. The summed E-state index contributed by atoms with van der Waals surface area (Å²) in [6.07, 6.45) is 14.7. The zero-order chi connectivity index (χ0) is 19.0. The van der Waals surface area contributed by atoms with Crippen LogP contribution >= 0.6 is 0 Å². The number of nitrogens with zero attached hydrogens (tertiary/aromatic N) is 4. The van der Waals surface area contributed by atoms with Crippen LogP contribution in [0.3, 0.4) is 0 Å². The maximum absolute atomic E-state index is 5.47. The molecule has 1 aromatic heterocycles. The molecule has 0 saturated carbocycles. The Bertz CT molecular complexity index is 850. The van der Waals surface area contributed by atoms with Crippen molar-refractivity contribution in [2.75, 3.05) is 10.9 Å². The van der Waals surface area contributed by atoms with Gasteiger partial charge in [0.2, 0.25) is 0 Å². The summed E-state index contributed by atoms with van der Waals surface area (Å²) in [6, 6.07) is 7.82. The van der Waals surface area contributed by atoms with E-state index in [0.717, 1.165) is 36.5 Å². The van der Waals surface area contributed by atoms with E-state index in [9.17, 15) is 0 Å². The van der Waals surface area contributed by atoms with Crippen LogP contribution in [0, 0.1) is 0 Å². The first-order valence-electron chi connectivity index (χ1n) is 9.35. The number of anilines is 2. The quantitative estimate of drug-likeness (QED) is 0.586. The molecule has 0 amide bonds. The minimum Gasteiger partial charge on any atom is -0.493 e. The van der Waals surface area contributed by atoms with E-state index in [1.54, 1.807) is 25.0 Å². The number of nitrogens with one attached hydrogen (secondary N) is 2. The summed E-state index contributed by atoms with van der Waals surface area (Å²) in [5.74, 6) is 1.15. The maximum Gasteiger partial charge on any atom is 0.176 e. The van der Waals surface area contributed by atoms with Gasteiger partial charge >= 0.3 is 0 Å². The molecule has 2 aliphatic heterocycles. The molecular weight excluding hydrogens is 356 g/mol. The molecule has 0 aliphatic carbocycles. The Hall–Kier alpha value is -3.42. The summed E-state index contributed by atoms with van der Waals surface area (Å²) in [5.41, 5.74) is 5.94. The predicted octanol–water partition coefficient (Wildman–Crippen LogP) is 3.81. The van der Waals surface area contributed by atoms with Gasteiger partial charge in [0.25, 0.3) is 0 Å². The molecule has 0 spiro atoms. The summed E-state index contributed by atoms with van der Waals surface area (Å²) >= 11 is 0. The zero-order valence-electron chi connectivity index (χ0n) is 15.4. The molecule has 2 N–H and O–H groups in total. The van der Waals surface area contributed by atoms with Gasteiger partial charge in [0.15, 0.2) is 11.6 Å². The highest BCUT2D eigenvalue weighted by Crippen LogP contribution is 2.26. The van der Waals surface area contributed by atoms with Gasteiger partial charge in [0, 0.05) is 10.8 Å². The standard InChI is InChI=1S/C20H22N6O2/c1-2-10-18-17(9-1)19(23-21-13-15-7-3-5-11-27-15)25-26-20(18)24-22-14-16-8-4-6-12-28-16/h1-2,5-6,9-16H,3-4,7-8H2,(H,23,25)(H,24,26)/b21-13+,22-14+. The van der Waals surface area contributed by atoms with Gasteiger partial charge in [-0.15, -0.1) is 10.2 Å². The van der Waals surface area contributed by atoms with E-state index in [0.29, 0.717) is 11.6 Å². The Kier molecular flexibility index (Phi) is 5.77. The van der Waals surface area contributed by atoms with E-state index in [1.165, 1.54) is 0 Å². The van der Waals surface area contributed by atoms with Crippen molar-refractivity contribution >= 4 is 34.8 Å². The van der Waals surface area contributed by atoms with Gasteiger partial charge in [-0.1, -0.05) is 24.3 Å². The number of fused-ring (bicyclic) bond motifs is 1. The average Bonchev–Trinajstić information content (AvgIpc) is 2.76. The van der Waals surface area contributed by atoms with E-state index in [-0.39, 0.29) is 12.2 Å². The summed E-state index contributed by atoms with van der Waals surface area (Å²) < 4.78 is 10.9. The molecule has 8 heteroatoms. The van der Waals surface area contributed by atoms with Crippen LogP contribution in [-0.4, -0.2) is 34.8 Å². The van der Waals surface area contributed by atoms with E-state index in [1.807, 2.05) is 36.4 Å². The van der Waals surface area contributed by atoms with E-state index in [4.69, 9.17) is 9.47 Å².